The third-order valence-electron chi connectivity index (χ3n) is 4.23. The van der Waals surface area contributed by atoms with Gasteiger partial charge in [-0.25, -0.2) is 0 Å². The van der Waals surface area contributed by atoms with E-state index in [1.165, 1.54) is 16.7 Å². The van der Waals surface area contributed by atoms with Crippen molar-refractivity contribution in [3.05, 3.63) is 28.8 Å². The second kappa shape index (κ2) is 7.09. The monoisotopic (exact) mass is 277 g/mol. The largest absolute Gasteiger partial charge is 0.493 e. The lowest BCUT2D eigenvalue weighted by Crippen LogP contribution is -2.26. The predicted molar refractivity (Wildman–Crippen MR) is 82.3 cm³/mol. The van der Waals surface area contributed by atoms with Gasteiger partial charge in [0.2, 0.25) is 0 Å². The Bertz CT molecular complexity index is 445. The summed E-state index contributed by atoms with van der Waals surface area (Å²) in [6, 6.07) is 4.81. The number of fused-ring (bicyclic) bond motifs is 1. The minimum Gasteiger partial charge on any atom is -0.493 e. The summed E-state index contributed by atoms with van der Waals surface area (Å²) in [6.45, 7) is 8.49. The SMILES string of the molecule is Cc1cc2c(cc1C)C(NCC(C)CCO)CCCO2. The van der Waals surface area contributed by atoms with E-state index in [4.69, 9.17) is 9.84 Å². The summed E-state index contributed by atoms with van der Waals surface area (Å²) in [5.74, 6) is 1.54. The van der Waals surface area contributed by atoms with Crippen molar-refractivity contribution in [2.24, 2.45) is 5.92 Å². The highest BCUT2D eigenvalue weighted by Crippen LogP contribution is 2.33. The van der Waals surface area contributed by atoms with E-state index in [1.807, 2.05) is 0 Å². The molecule has 1 aliphatic rings. The van der Waals surface area contributed by atoms with Gasteiger partial charge in [0.15, 0.2) is 0 Å². The summed E-state index contributed by atoms with van der Waals surface area (Å²) in [7, 11) is 0. The number of nitrogens with one attached hydrogen (secondary N) is 1. The van der Waals surface area contributed by atoms with E-state index < -0.39 is 0 Å². The highest BCUT2D eigenvalue weighted by molar-refractivity contribution is 5.44. The van der Waals surface area contributed by atoms with E-state index in [2.05, 4.69) is 38.2 Å². The summed E-state index contributed by atoms with van der Waals surface area (Å²) in [5, 5.41) is 12.7. The Morgan fingerprint density at radius 1 is 1.35 bits per heavy atom. The molecule has 0 amide bonds. The molecule has 3 heteroatoms. The van der Waals surface area contributed by atoms with Crippen molar-refractivity contribution >= 4 is 0 Å². The topological polar surface area (TPSA) is 41.5 Å². The molecule has 0 fully saturated rings. The standard InChI is InChI=1S/C17H27NO2/c1-12(6-7-19)11-18-16-5-4-8-20-17-10-14(3)13(2)9-15(16)17/h9-10,12,16,18-19H,4-8,11H2,1-3H3. The van der Waals surface area contributed by atoms with Crippen LogP contribution in [0.5, 0.6) is 5.75 Å². The molecule has 2 atom stereocenters. The van der Waals surface area contributed by atoms with Gasteiger partial charge < -0.3 is 15.2 Å². The van der Waals surface area contributed by atoms with Gasteiger partial charge in [0.1, 0.15) is 5.75 Å². The van der Waals surface area contributed by atoms with Crippen LogP contribution in [0.1, 0.15) is 48.9 Å². The van der Waals surface area contributed by atoms with Crippen LogP contribution < -0.4 is 10.1 Å². The summed E-state index contributed by atoms with van der Waals surface area (Å²) in [6.07, 6.45) is 3.05. The van der Waals surface area contributed by atoms with Gasteiger partial charge in [0, 0.05) is 18.2 Å². The Morgan fingerprint density at radius 2 is 2.10 bits per heavy atom. The zero-order chi connectivity index (χ0) is 14.5. The molecule has 0 saturated carbocycles. The third kappa shape index (κ3) is 3.74. The maximum Gasteiger partial charge on any atom is 0.124 e. The first-order chi connectivity index (χ1) is 9.61. The smallest absolute Gasteiger partial charge is 0.124 e. The number of rotatable bonds is 5. The molecule has 0 radical (unpaired) electrons. The van der Waals surface area contributed by atoms with E-state index >= 15 is 0 Å². The van der Waals surface area contributed by atoms with Crippen molar-refractivity contribution in [1.82, 2.24) is 5.32 Å². The molecule has 2 N–H and O–H groups in total. The molecule has 1 aromatic rings. The van der Waals surface area contributed by atoms with Crippen LogP contribution in [0.2, 0.25) is 0 Å². The van der Waals surface area contributed by atoms with Crippen LogP contribution in [0, 0.1) is 19.8 Å². The average molecular weight is 277 g/mol. The van der Waals surface area contributed by atoms with E-state index in [-0.39, 0.29) is 6.61 Å². The molecule has 0 saturated heterocycles. The number of aliphatic hydroxyl groups excluding tert-OH is 1. The lowest BCUT2D eigenvalue weighted by atomic mass is 9.97. The van der Waals surface area contributed by atoms with Crippen LogP contribution in [-0.2, 0) is 0 Å². The normalized spacial score (nSPS) is 19.9. The van der Waals surface area contributed by atoms with Crippen molar-refractivity contribution in [1.29, 1.82) is 0 Å². The molecule has 0 aliphatic carbocycles. The molecule has 0 spiro atoms. The Labute approximate surface area is 122 Å². The fraction of sp³-hybridized carbons (Fsp3) is 0.647. The van der Waals surface area contributed by atoms with E-state index in [1.54, 1.807) is 0 Å². The molecule has 0 aromatic heterocycles. The quantitative estimate of drug-likeness (QED) is 0.869. The molecule has 2 unspecified atom stereocenters. The summed E-state index contributed by atoms with van der Waals surface area (Å²) < 4.78 is 5.89. The molecule has 2 rings (SSSR count). The molecule has 1 aliphatic heterocycles. The predicted octanol–water partition coefficient (Wildman–Crippen LogP) is 3.13. The molecule has 3 nitrogen and oxygen atoms in total. The number of ether oxygens (including phenoxy) is 1. The first-order valence-corrected chi connectivity index (χ1v) is 7.70. The number of aryl methyl sites for hydroxylation is 2. The van der Waals surface area contributed by atoms with Gasteiger partial charge in [-0.1, -0.05) is 13.0 Å². The number of hydrogen-bond acceptors (Lipinski definition) is 3. The maximum atomic E-state index is 9.00. The average Bonchev–Trinajstić information content (AvgIpc) is 2.60. The summed E-state index contributed by atoms with van der Waals surface area (Å²) >= 11 is 0. The lowest BCUT2D eigenvalue weighted by Gasteiger charge is -2.22. The molecular weight excluding hydrogens is 250 g/mol. The van der Waals surface area contributed by atoms with Crippen LogP contribution in [0.15, 0.2) is 12.1 Å². The van der Waals surface area contributed by atoms with Crippen LogP contribution in [0.25, 0.3) is 0 Å². The highest BCUT2D eigenvalue weighted by Gasteiger charge is 2.20. The molecular formula is C17H27NO2. The fourth-order valence-electron chi connectivity index (χ4n) is 2.71. The lowest BCUT2D eigenvalue weighted by molar-refractivity contribution is 0.257. The fourth-order valence-corrected chi connectivity index (χ4v) is 2.71. The summed E-state index contributed by atoms with van der Waals surface area (Å²) in [5.41, 5.74) is 3.91. The van der Waals surface area contributed by atoms with Crippen molar-refractivity contribution in [2.75, 3.05) is 19.8 Å². The first kappa shape index (κ1) is 15.3. The van der Waals surface area contributed by atoms with Gasteiger partial charge >= 0.3 is 0 Å². The zero-order valence-electron chi connectivity index (χ0n) is 12.9. The number of hydrogen-bond donors (Lipinski definition) is 2. The van der Waals surface area contributed by atoms with Crippen molar-refractivity contribution < 1.29 is 9.84 Å². The Balaban J connectivity index is 2.12. The molecule has 1 heterocycles. The third-order valence-corrected chi connectivity index (χ3v) is 4.23. The Kier molecular flexibility index (Phi) is 5.44. The second-order valence-electron chi connectivity index (χ2n) is 6.04. The molecule has 1 aromatic carbocycles. The Hall–Kier alpha value is -1.06. The van der Waals surface area contributed by atoms with Crippen molar-refractivity contribution in [3.8, 4) is 5.75 Å². The van der Waals surface area contributed by atoms with Gasteiger partial charge in [0.25, 0.3) is 0 Å². The zero-order valence-corrected chi connectivity index (χ0v) is 12.9. The maximum absolute atomic E-state index is 9.00. The van der Waals surface area contributed by atoms with Crippen LogP contribution in [0.4, 0.5) is 0 Å². The van der Waals surface area contributed by atoms with Gasteiger partial charge in [-0.2, -0.15) is 0 Å². The van der Waals surface area contributed by atoms with Gasteiger partial charge in [-0.15, -0.1) is 0 Å². The minimum atomic E-state index is 0.269. The van der Waals surface area contributed by atoms with Gasteiger partial charge in [0.05, 0.1) is 6.61 Å². The highest BCUT2D eigenvalue weighted by atomic mass is 16.5. The molecule has 112 valence electrons. The van der Waals surface area contributed by atoms with Crippen molar-refractivity contribution in [3.63, 3.8) is 0 Å². The van der Waals surface area contributed by atoms with E-state index in [0.29, 0.717) is 12.0 Å². The van der Waals surface area contributed by atoms with Gasteiger partial charge in [-0.05, 0) is 62.8 Å². The van der Waals surface area contributed by atoms with Crippen LogP contribution in [-0.4, -0.2) is 24.9 Å². The molecule has 20 heavy (non-hydrogen) atoms. The van der Waals surface area contributed by atoms with Crippen LogP contribution >= 0.6 is 0 Å². The van der Waals surface area contributed by atoms with E-state index in [0.717, 1.165) is 38.2 Å². The van der Waals surface area contributed by atoms with Gasteiger partial charge in [-0.3, -0.25) is 0 Å². The van der Waals surface area contributed by atoms with Crippen molar-refractivity contribution in [2.45, 2.75) is 46.1 Å². The van der Waals surface area contributed by atoms with Crippen LogP contribution in [0.3, 0.4) is 0 Å². The van der Waals surface area contributed by atoms with E-state index in [9.17, 15) is 0 Å². The first-order valence-electron chi connectivity index (χ1n) is 7.70. The Morgan fingerprint density at radius 3 is 2.85 bits per heavy atom. The summed E-state index contributed by atoms with van der Waals surface area (Å²) in [4.78, 5) is 0. The molecule has 0 bridgehead atoms. The second-order valence-corrected chi connectivity index (χ2v) is 6.04. The number of benzene rings is 1. The number of aliphatic hydroxyl groups is 1. The minimum absolute atomic E-state index is 0.269.